The van der Waals surface area contributed by atoms with E-state index in [0.717, 1.165) is 0 Å². The molecule has 1 atom stereocenters. The molecule has 0 bridgehead atoms. The topological polar surface area (TPSA) is 87.0 Å². The van der Waals surface area contributed by atoms with Gasteiger partial charge in [-0.2, -0.15) is 0 Å². The normalized spacial score (nSPS) is 12.2. The van der Waals surface area contributed by atoms with Crippen LogP contribution in [0.2, 0.25) is 0 Å². The van der Waals surface area contributed by atoms with Gasteiger partial charge in [0.25, 0.3) is 0 Å². The van der Waals surface area contributed by atoms with Crippen molar-refractivity contribution in [2.45, 2.75) is 13.0 Å². The summed E-state index contributed by atoms with van der Waals surface area (Å²) >= 11 is 0. The lowest BCUT2D eigenvalue weighted by Gasteiger charge is -2.11. The third-order valence-electron chi connectivity index (χ3n) is 2.06. The third-order valence-corrected chi connectivity index (χ3v) is 2.06. The Morgan fingerprint density at radius 2 is 2.07 bits per heavy atom. The number of aryl methyl sites for hydroxylation is 1. The number of phenolic OH excluding ortho intramolecular Hbond substituents is 1. The van der Waals surface area contributed by atoms with Crippen LogP contribution in [0.4, 0.5) is 0 Å². The quantitative estimate of drug-likeness (QED) is 0.690. The van der Waals surface area contributed by atoms with Crippen LogP contribution in [-0.2, 0) is 4.79 Å². The molecule has 1 aromatic rings. The molecule has 0 amide bonds. The molecule has 0 aromatic heterocycles. The van der Waals surface area contributed by atoms with Crippen molar-refractivity contribution in [2.75, 3.05) is 7.11 Å². The van der Waals surface area contributed by atoms with Crippen molar-refractivity contribution < 1.29 is 24.9 Å². The second-order valence-electron chi connectivity index (χ2n) is 3.13. The van der Waals surface area contributed by atoms with Crippen molar-refractivity contribution in [3.8, 4) is 11.5 Å². The van der Waals surface area contributed by atoms with Gasteiger partial charge in [-0.05, 0) is 30.2 Å². The van der Waals surface area contributed by atoms with Gasteiger partial charge in [0.05, 0.1) is 7.11 Å². The van der Waals surface area contributed by atoms with Crippen LogP contribution >= 0.6 is 0 Å². The van der Waals surface area contributed by atoms with Gasteiger partial charge < -0.3 is 20.1 Å². The maximum absolute atomic E-state index is 10.5. The van der Waals surface area contributed by atoms with Crippen molar-refractivity contribution in [2.24, 2.45) is 0 Å². The average Bonchev–Trinajstić information content (AvgIpc) is 2.20. The first-order valence-corrected chi connectivity index (χ1v) is 4.25. The molecule has 1 rings (SSSR count). The van der Waals surface area contributed by atoms with E-state index in [-0.39, 0.29) is 17.1 Å². The Labute approximate surface area is 86.5 Å². The van der Waals surface area contributed by atoms with Gasteiger partial charge in [-0.1, -0.05) is 0 Å². The van der Waals surface area contributed by atoms with Gasteiger partial charge in [0.1, 0.15) is 0 Å². The number of aliphatic hydroxyl groups excluding tert-OH is 1. The predicted octanol–water partition coefficient (Wildman–Crippen LogP) is 0.827. The van der Waals surface area contributed by atoms with Crippen LogP contribution < -0.4 is 4.74 Å². The number of carboxylic acid groups (broad SMARTS) is 1. The number of rotatable bonds is 3. The molecule has 0 aliphatic rings. The molecule has 0 unspecified atom stereocenters. The van der Waals surface area contributed by atoms with Gasteiger partial charge in [-0.25, -0.2) is 4.79 Å². The summed E-state index contributed by atoms with van der Waals surface area (Å²) in [5.41, 5.74) is 0.624. The molecular weight excluding hydrogens is 200 g/mol. The zero-order chi connectivity index (χ0) is 11.6. The van der Waals surface area contributed by atoms with Crippen LogP contribution in [0.1, 0.15) is 17.2 Å². The first-order chi connectivity index (χ1) is 6.97. The number of carboxylic acids is 1. The van der Waals surface area contributed by atoms with Crippen LogP contribution in [-0.4, -0.2) is 28.4 Å². The number of hydrogen-bond donors (Lipinski definition) is 3. The van der Waals surface area contributed by atoms with Crippen molar-refractivity contribution in [3.05, 3.63) is 23.3 Å². The van der Waals surface area contributed by atoms with Crippen LogP contribution in [0.15, 0.2) is 12.1 Å². The van der Waals surface area contributed by atoms with E-state index >= 15 is 0 Å². The van der Waals surface area contributed by atoms with E-state index in [4.69, 9.17) is 9.84 Å². The van der Waals surface area contributed by atoms with E-state index in [0.29, 0.717) is 5.56 Å². The Morgan fingerprint density at radius 1 is 1.47 bits per heavy atom. The third kappa shape index (κ3) is 2.19. The van der Waals surface area contributed by atoms with Gasteiger partial charge in [-0.3, -0.25) is 0 Å². The fourth-order valence-corrected chi connectivity index (χ4v) is 1.23. The minimum atomic E-state index is -1.61. The number of aliphatic hydroxyl groups is 1. The van der Waals surface area contributed by atoms with Gasteiger partial charge in [0.15, 0.2) is 17.6 Å². The number of carbonyl (C=O) groups is 1. The fraction of sp³-hybridized carbons (Fsp3) is 0.300. The molecule has 0 heterocycles. The van der Waals surface area contributed by atoms with E-state index in [1.54, 1.807) is 6.92 Å². The number of hydrogen-bond acceptors (Lipinski definition) is 4. The molecule has 5 heteroatoms. The molecule has 5 nitrogen and oxygen atoms in total. The van der Waals surface area contributed by atoms with E-state index in [1.807, 2.05) is 0 Å². The van der Waals surface area contributed by atoms with Gasteiger partial charge in [0, 0.05) is 0 Å². The van der Waals surface area contributed by atoms with Crippen LogP contribution in [0.25, 0.3) is 0 Å². The summed E-state index contributed by atoms with van der Waals surface area (Å²) in [7, 11) is 1.35. The summed E-state index contributed by atoms with van der Waals surface area (Å²) in [6, 6.07) is 2.69. The van der Waals surface area contributed by atoms with Crippen molar-refractivity contribution in [1.82, 2.24) is 0 Å². The van der Waals surface area contributed by atoms with Crippen molar-refractivity contribution in [1.29, 1.82) is 0 Å². The summed E-state index contributed by atoms with van der Waals surface area (Å²) in [4.78, 5) is 10.5. The summed E-state index contributed by atoms with van der Waals surface area (Å²) in [5, 5.41) is 27.4. The molecule has 0 spiro atoms. The van der Waals surface area contributed by atoms with Crippen LogP contribution in [0.3, 0.4) is 0 Å². The Kier molecular flexibility index (Phi) is 3.16. The monoisotopic (exact) mass is 212 g/mol. The highest BCUT2D eigenvalue weighted by Gasteiger charge is 2.18. The molecule has 3 N–H and O–H groups in total. The summed E-state index contributed by atoms with van der Waals surface area (Å²) in [5.74, 6) is -1.26. The average molecular weight is 212 g/mol. The molecule has 0 radical (unpaired) electrons. The highest BCUT2D eigenvalue weighted by atomic mass is 16.5. The standard InChI is InChI=1S/C10H12O5/c1-5-3-6(9(12)10(13)14)4-7(15-2)8(5)11/h3-4,9,11-12H,1-2H3,(H,13,14)/t9-/m1/s1. The minimum Gasteiger partial charge on any atom is -0.504 e. The maximum Gasteiger partial charge on any atom is 0.337 e. The first kappa shape index (κ1) is 11.3. The number of phenols is 1. The molecule has 1 aromatic carbocycles. The summed E-state index contributed by atoms with van der Waals surface area (Å²) in [6.07, 6.45) is -1.61. The molecular formula is C10H12O5. The lowest BCUT2D eigenvalue weighted by atomic mass is 10.1. The molecule has 82 valence electrons. The lowest BCUT2D eigenvalue weighted by Crippen LogP contribution is -2.10. The number of ether oxygens (including phenoxy) is 1. The first-order valence-electron chi connectivity index (χ1n) is 4.25. The maximum atomic E-state index is 10.5. The molecule has 0 saturated heterocycles. The smallest absolute Gasteiger partial charge is 0.337 e. The Bertz CT molecular complexity index is 386. The van der Waals surface area contributed by atoms with Crippen LogP contribution in [0, 0.1) is 6.92 Å². The molecule has 0 aliphatic heterocycles. The second kappa shape index (κ2) is 4.18. The van der Waals surface area contributed by atoms with Gasteiger partial charge in [0.2, 0.25) is 0 Å². The van der Waals surface area contributed by atoms with E-state index in [2.05, 4.69) is 0 Å². The Hall–Kier alpha value is -1.75. The minimum absolute atomic E-state index is 0.0566. The van der Waals surface area contributed by atoms with Gasteiger partial charge in [-0.15, -0.1) is 0 Å². The Balaban J connectivity index is 3.22. The summed E-state index contributed by atoms with van der Waals surface area (Å²) < 4.78 is 4.84. The number of aliphatic carboxylic acids is 1. The van der Waals surface area contributed by atoms with Crippen molar-refractivity contribution in [3.63, 3.8) is 0 Å². The molecule has 15 heavy (non-hydrogen) atoms. The summed E-state index contributed by atoms with van der Waals surface area (Å²) in [6.45, 7) is 1.59. The molecule has 0 aliphatic carbocycles. The number of methoxy groups -OCH3 is 1. The predicted molar refractivity (Wildman–Crippen MR) is 52.0 cm³/mol. The lowest BCUT2D eigenvalue weighted by molar-refractivity contribution is -0.146. The van der Waals surface area contributed by atoms with E-state index in [9.17, 15) is 15.0 Å². The zero-order valence-corrected chi connectivity index (χ0v) is 8.39. The largest absolute Gasteiger partial charge is 0.504 e. The number of benzene rings is 1. The Morgan fingerprint density at radius 3 is 2.53 bits per heavy atom. The van der Waals surface area contributed by atoms with E-state index in [1.165, 1.54) is 19.2 Å². The molecule has 0 fully saturated rings. The zero-order valence-electron chi connectivity index (χ0n) is 8.39. The fourth-order valence-electron chi connectivity index (χ4n) is 1.23. The SMILES string of the molecule is COc1cc([C@@H](O)C(=O)O)cc(C)c1O. The highest BCUT2D eigenvalue weighted by Crippen LogP contribution is 2.32. The highest BCUT2D eigenvalue weighted by molar-refractivity contribution is 5.74. The molecule has 0 saturated carbocycles. The van der Waals surface area contributed by atoms with Crippen LogP contribution in [0.5, 0.6) is 11.5 Å². The number of aromatic hydroxyl groups is 1. The van der Waals surface area contributed by atoms with Crippen molar-refractivity contribution >= 4 is 5.97 Å². The second-order valence-corrected chi connectivity index (χ2v) is 3.13. The van der Waals surface area contributed by atoms with Gasteiger partial charge >= 0.3 is 5.97 Å². The van der Waals surface area contributed by atoms with E-state index < -0.39 is 12.1 Å².